The molecule has 0 bridgehead atoms. The van der Waals surface area contributed by atoms with Gasteiger partial charge in [-0.25, -0.2) is 0 Å². The van der Waals surface area contributed by atoms with Crippen molar-refractivity contribution in [1.82, 2.24) is 0 Å². The third-order valence-electron chi connectivity index (χ3n) is 3.72. The van der Waals surface area contributed by atoms with Crippen LogP contribution in [0.5, 0.6) is 0 Å². The first-order valence-corrected chi connectivity index (χ1v) is 9.04. The lowest BCUT2D eigenvalue weighted by molar-refractivity contribution is -0.112. The SMILES string of the molecule is N#C/C(=C/c1cc(Br)c(N2CCOCC2)o1)C(=O)Nc1cccc(Cl)c1. The van der Waals surface area contributed by atoms with Gasteiger partial charge in [-0.15, -0.1) is 0 Å². The van der Waals surface area contributed by atoms with Crippen LogP contribution in [0.25, 0.3) is 6.08 Å². The van der Waals surface area contributed by atoms with E-state index in [2.05, 4.69) is 21.2 Å². The van der Waals surface area contributed by atoms with Crippen LogP contribution in [0, 0.1) is 11.3 Å². The van der Waals surface area contributed by atoms with Gasteiger partial charge in [-0.3, -0.25) is 4.79 Å². The minimum Gasteiger partial charge on any atom is -0.440 e. The van der Waals surface area contributed by atoms with Crippen molar-refractivity contribution in [1.29, 1.82) is 5.26 Å². The van der Waals surface area contributed by atoms with Crippen molar-refractivity contribution >= 4 is 51.1 Å². The number of benzene rings is 1. The number of nitrogens with zero attached hydrogens (tertiary/aromatic N) is 2. The van der Waals surface area contributed by atoms with Gasteiger partial charge in [0.05, 0.1) is 17.7 Å². The smallest absolute Gasteiger partial charge is 0.266 e. The van der Waals surface area contributed by atoms with E-state index in [0.717, 1.165) is 17.6 Å². The lowest BCUT2D eigenvalue weighted by Crippen LogP contribution is -2.36. The van der Waals surface area contributed by atoms with Crippen LogP contribution in [0.2, 0.25) is 5.02 Å². The molecule has 1 aromatic heterocycles. The molecule has 26 heavy (non-hydrogen) atoms. The average Bonchev–Trinajstić information content (AvgIpc) is 3.00. The molecule has 0 spiro atoms. The van der Waals surface area contributed by atoms with Crippen LogP contribution in [-0.4, -0.2) is 32.2 Å². The predicted octanol–water partition coefficient (Wildman–Crippen LogP) is 4.08. The van der Waals surface area contributed by atoms with Crippen LogP contribution >= 0.6 is 27.5 Å². The Kier molecular flexibility index (Phi) is 5.99. The second-order valence-electron chi connectivity index (χ2n) is 5.54. The highest BCUT2D eigenvalue weighted by Crippen LogP contribution is 2.32. The largest absolute Gasteiger partial charge is 0.440 e. The first kappa shape index (κ1) is 18.5. The summed E-state index contributed by atoms with van der Waals surface area (Å²) in [6.07, 6.45) is 1.41. The summed E-state index contributed by atoms with van der Waals surface area (Å²) < 4.78 is 11.9. The van der Waals surface area contributed by atoms with Crippen molar-refractivity contribution in [2.75, 3.05) is 36.5 Å². The van der Waals surface area contributed by atoms with E-state index in [9.17, 15) is 10.1 Å². The summed E-state index contributed by atoms with van der Waals surface area (Å²) in [4.78, 5) is 14.4. The zero-order chi connectivity index (χ0) is 18.5. The van der Waals surface area contributed by atoms with Crippen LogP contribution in [0.3, 0.4) is 0 Å². The van der Waals surface area contributed by atoms with E-state index in [-0.39, 0.29) is 5.57 Å². The third kappa shape index (κ3) is 4.47. The fourth-order valence-electron chi connectivity index (χ4n) is 2.49. The standard InChI is InChI=1S/C18H15BrClN3O3/c19-16-10-15(26-18(16)23-4-6-25-7-5-23)8-12(11-21)17(24)22-14-3-1-2-13(20)9-14/h1-3,8-10H,4-7H2,(H,22,24)/b12-8-. The lowest BCUT2D eigenvalue weighted by Gasteiger charge is -2.26. The summed E-state index contributed by atoms with van der Waals surface area (Å²) in [6.45, 7) is 2.69. The molecular formula is C18H15BrClN3O3. The van der Waals surface area contributed by atoms with E-state index < -0.39 is 5.91 Å². The molecule has 1 aromatic carbocycles. The number of carbonyl (C=O) groups excluding carboxylic acids is 1. The summed E-state index contributed by atoms with van der Waals surface area (Å²) in [5.74, 6) is 0.540. The maximum atomic E-state index is 12.3. The molecule has 1 saturated heterocycles. The molecule has 6 nitrogen and oxygen atoms in total. The highest BCUT2D eigenvalue weighted by molar-refractivity contribution is 9.10. The van der Waals surface area contributed by atoms with Gasteiger partial charge >= 0.3 is 0 Å². The zero-order valence-corrected chi connectivity index (χ0v) is 16.0. The molecule has 2 heterocycles. The van der Waals surface area contributed by atoms with E-state index in [1.165, 1.54) is 6.08 Å². The number of carbonyl (C=O) groups is 1. The van der Waals surface area contributed by atoms with Gasteiger partial charge in [0.2, 0.25) is 5.88 Å². The minimum absolute atomic E-state index is 0.0697. The Morgan fingerprint density at radius 3 is 2.81 bits per heavy atom. The normalized spacial score (nSPS) is 14.8. The molecule has 134 valence electrons. The predicted molar refractivity (Wildman–Crippen MR) is 103 cm³/mol. The van der Waals surface area contributed by atoms with Crippen molar-refractivity contribution < 1.29 is 13.9 Å². The maximum absolute atomic E-state index is 12.3. The fraction of sp³-hybridized carbons (Fsp3) is 0.222. The molecule has 0 radical (unpaired) electrons. The van der Waals surface area contributed by atoms with E-state index in [1.54, 1.807) is 30.3 Å². The summed E-state index contributed by atoms with van der Waals surface area (Å²) >= 11 is 9.36. The Morgan fingerprint density at radius 1 is 1.35 bits per heavy atom. The average molecular weight is 437 g/mol. The van der Waals surface area contributed by atoms with E-state index in [1.807, 2.05) is 11.0 Å². The topological polar surface area (TPSA) is 78.5 Å². The second-order valence-corrected chi connectivity index (χ2v) is 6.83. The van der Waals surface area contributed by atoms with Crippen LogP contribution in [0.1, 0.15) is 5.76 Å². The number of hydrogen-bond donors (Lipinski definition) is 1. The molecule has 3 rings (SSSR count). The number of hydrogen-bond acceptors (Lipinski definition) is 5. The van der Waals surface area contributed by atoms with Crippen molar-refractivity contribution in [3.8, 4) is 6.07 Å². The molecule has 0 saturated carbocycles. The molecule has 1 aliphatic rings. The summed E-state index contributed by atoms with van der Waals surface area (Å²) in [5.41, 5.74) is 0.443. The molecule has 1 amide bonds. The van der Waals surface area contributed by atoms with Crippen LogP contribution in [0.15, 0.2) is 44.8 Å². The Balaban J connectivity index is 1.78. The maximum Gasteiger partial charge on any atom is 0.266 e. The van der Waals surface area contributed by atoms with Crippen molar-refractivity contribution in [2.24, 2.45) is 0 Å². The lowest BCUT2D eigenvalue weighted by atomic mass is 10.2. The molecule has 0 unspecified atom stereocenters. The van der Waals surface area contributed by atoms with E-state index in [0.29, 0.717) is 35.6 Å². The third-order valence-corrected chi connectivity index (χ3v) is 4.52. The molecule has 1 aliphatic heterocycles. The van der Waals surface area contributed by atoms with Gasteiger partial charge in [-0.05, 0) is 34.1 Å². The molecule has 0 atom stereocenters. The Labute approximate surface area is 164 Å². The number of furan rings is 1. The Bertz CT molecular complexity index is 882. The van der Waals surface area contributed by atoms with Gasteiger partial charge in [0.25, 0.3) is 5.91 Å². The zero-order valence-electron chi connectivity index (χ0n) is 13.7. The van der Waals surface area contributed by atoms with Crippen LogP contribution < -0.4 is 10.2 Å². The number of ether oxygens (including phenoxy) is 1. The highest BCUT2D eigenvalue weighted by Gasteiger charge is 2.19. The fourth-order valence-corrected chi connectivity index (χ4v) is 3.23. The van der Waals surface area contributed by atoms with Gasteiger partial charge in [0.1, 0.15) is 17.4 Å². The molecule has 1 fully saturated rings. The van der Waals surface area contributed by atoms with Crippen molar-refractivity contribution in [2.45, 2.75) is 0 Å². The van der Waals surface area contributed by atoms with Crippen molar-refractivity contribution in [3.63, 3.8) is 0 Å². The van der Waals surface area contributed by atoms with E-state index >= 15 is 0 Å². The molecular weight excluding hydrogens is 422 g/mol. The van der Waals surface area contributed by atoms with Crippen molar-refractivity contribution in [3.05, 3.63) is 51.2 Å². The quantitative estimate of drug-likeness (QED) is 0.577. The first-order chi connectivity index (χ1) is 12.6. The van der Waals surface area contributed by atoms with E-state index in [4.69, 9.17) is 20.8 Å². The number of anilines is 2. The number of nitriles is 1. The number of morpholine rings is 1. The number of amides is 1. The number of rotatable bonds is 4. The van der Waals surface area contributed by atoms with Gasteiger partial charge in [-0.1, -0.05) is 17.7 Å². The summed E-state index contributed by atoms with van der Waals surface area (Å²) in [6, 6.07) is 10.3. The Hall–Kier alpha value is -2.27. The molecule has 0 aliphatic carbocycles. The Morgan fingerprint density at radius 2 is 2.12 bits per heavy atom. The number of nitrogens with one attached hydrogen (secondary N) is 1. The van der Waals surface area contributed by atoms with Crippen LogP contribution in [0.4, 0.5) is 11.6 Å². The number of halogens is 2. The van der Waals surface area contributed by atoms with Gasteiger partial charge in [0.15, 0.2) is 0 Å². The summed E-state index contributed by atoms with van der Waals surface area (Å²) in [7, 11) is 0. The van der Waals surface area contributed by atoms with Gasteiger partial charge in [-0.2, -0.15) is 5.26 Å². The molecule has 8 heteroatoms. The first-order valence-electron chi connectivity index (χ1n) is 7.87. The van der Waals surface area contributed by atoms with Crippen LogP contribution in [-0.2, 0) is 9.53 Å². The van der Waals surface area contributed by atoms with Gasteiger partial charge < -0.3 is 19.4 Å². The van der Waals surface area contributed by atoms with Gasteiger partial charge in [0, 0.05) is 35.9 Å². The monoisotopic (exact) mass is 435 g/mol. The highest BCUT2D eigenvalue weighted by atomic mass is 79.9. The summed E-state index contributed by atoms with van der Waals surface area (Å²) in [5, 5.41) is 12.5. The second kappa shape index (κ2) is 8.41. The minimum atomic E-state index is -0.532. The molecule has 2 aromatic rings. The molecule has 1 N–H and O–H groups in total.